The molecule has 112 valence electrons. The van der Waals surface area contributed by atoms with Crippen LogP contribution in [-0.2, 0) is 0 Å². The van der Waals surface area contributed by atoms with Gasteiger partial charge in [-0.2, -0.15) is 0 Å². The number of nitrogens with zero attached hydrogens (tertiary/aromatic N) is 3. The summed E-state index contributed by atoms with van der Waals surface area (Å²) in [5, 5.41) is 0. The highest BCUT2D eigenvalue weighted by atomic mass is 15.3. The fraction of sp³-hybridized carbons (Fsp3) is 0.706. The summed E-state index contributed by atoms with van der Waals surface area (Å²) >= 11 is 0. The molecular formula is C17H29N3. The Morgan fingerprint density at radius 3 is 2.25 bits per heavy atom. The van der Waals surface area contributed by atoms with E-state index in [1.54, 1.807) is 0 Å². The smallest absolute Gasteiger partial charge is 0.0397 e. The van der Waals surface area contributed by atoms with Crippen molar-refractivity contribution in [3.8, 4) is 0 Å². The Hall–Kier alpha value is -1.09. The highest BCUT2D eigenvalue weighted by molar-refractivity contribution is 5.44. The molecule has 0 unspecified atom stereocenters. The van der Waals surface area contributed by atoms with Crippen LogP contribution < -0.4 is 4.90 Å². The molecule has 2 heterocycles. The zero-order valence-corrected chi connectivity index (χ0v) is 12.9. The van der Waals surface area contributed by atoms with E-state index in [-0.39, 0.29) is 0 Å². The molecule has 0 amide bonds. The Morgan fingerprint density at radius 2 is 1.55 bits per heavy atom. The molecule has 0 radical (unpaired) electrons. The second kappa shape index (κ2) is 8.96. The highest BCUT2D eigenvalue weighted by Crippen LogP contribution is 2.15. The van der Waals surface area contributed by atoms with Gasteiger partial charge in [0.05, 0.1) is 0 Å². The number of rotatable bonds is 8. The first-order chi connectivity index (χ1) is 9.90. The molecule has 1 fully saturated rings. The van der Waals surface area contributed by atoms with Crippen molar-refractivity contribution in [2.24, 2.45) is 0 Å². The van der Waals surface area contributed by atoms with E-state index in [0.29, 0.717) is 0 Å². The quantitative estimate of drug-likeness (QED) is 0.676. The predicted molar refractivity (Wildman–Crippen MR) is 86.3 cm³/mol. The highest BCUT2D eigenvalue weighted by Gasteiger charge is 2.16. The molecule has 3 nitrogen and oxygen atoms in total. The van der Waals surface area contributed by atoms with Crippen LogP contribution in [0.5, 0.6) is 0 Å². The van der Waals surface area contributed by atoms with Crippen LogP contribution in [0.4, 0.5) is 5.69 Å². The monoisotopic (exact) mass is 275 g/mol. The van der Waals surface area contributed by atoms with E-state index in [0.717, 1.165) is 13.1 Å². The fourth-order valence-corrected chi connectivity index (χ4v) is 2.90. The minimum atomic E-state index is 1.15. The summed E-state index contributed by atoms with van der Waals surface area (Å²) in [5.41, 5.74) is 1.32. The van der Waals surface area contributed by atoms with Gasteiger partial charge in [0.15, 0.2) is 0 Å². The van der Waals surface area contributed by atoms with Gasteiger partial charge in [0.25, 0.3) is 0 Å². The van der Waals surface area contributed by atoms with Crippen LogP contribution in [0.2, 0.25) is 0 Å². The molecule has 0 atom stereocenters. The Morgan fingerprint density at radius 1 is 0.900 bits per heavy atom. The zero-order chi connectivity index (χ0) is 14.0. The predicted octanol–water partition coefficient (Wildman–Crippen LogP) is 3.56. The number of hydrogen-bond donors (Lipinski definition) is 0. The molecule has 1 aromatic heterocycles. The molecule has 1 aromatic rings. The van der Waals surface area contributed by atoms with E-state index in [1.165, 1.54) is 63.8 Å². The summed E-state index contributed by atoms with van der Waals surface area (Å²) in [7, 11) is 0. The van der Waals surface area contributed by atoms with E-state index in [4.69, 9.17) is 0 Å². The third-order valence-electron chi connectivity index (χ3n) is 4.23. The molecule has 0 saturated carbocycles. The minimum absolute atomic E-state index is 1.15. The lowest BCUT2D eigenvalue weighted by molar-refractivity contribution is 0.252. The molecule has 3 heteroatoms. The van der Waals surface area contributed by atoms with Crippen molar-refractivity contribution in [1.29, 1.82) is 0 Å². The first kappa shape index (κ1) is 15.3. The number of piperazine rings is 1. The van der Waals surface area contributed by atoms with Gasteiger partial charge in [-0.3, -0.25) is 9.88 Å². The molecule has 0 bridgehead atoms. The van der Waals surface area contributed by atoms with Crippen LogP contribution >= 0.6 is 0 Å². The normalized spacial score (nSPS) is 16.6. The summed E-state index contributed by atoms with van der Waals surface area (Å²) in [4.78, 5) is 9.18. The van der Waals surface area contributed by atoms with Crippen LogP contribution in [0.15, 0.2) is 24.5 Å². The van der Waals surface area contributed by atoms with Crippen molar-refractivity contribution in [3.05, 3.63) is 24.5 Å². The van der Waals surface area contributed by atoms with Gasteiger partial charge >= 0.3 is 0 Å². The third kappa shape index (κ3) is 5.12. The van der Waals surface area contributed by atoms with Gasteiger partial charge < -0.3 is 4.90 Å². The molecule has 1 saturated heterocycles. The zero-order valence-electron chi connectivity index (χ0n) is 12.9. The van der Waals surface area contributed by atoms with E-state index in [9.17, 15) is 0 Å². The van der Waals surface area contributed by atoms with E-state index >= 15 is 0 Å². The molecule has 0 aliphatic carbocycles. The Balaban J connectivity index is 1.58. The lowest BCUT2D eigenvalue weighted by Crippen LogP contribution is -2.46. The number of pyridine rings is 1. The first-order valence-corrected chi connectivity index (χ1v) is 8.27. The maximum Gasteiger partial charge on any atom is 0.0397 e. The van der Waals surface area contributed by atoms with Crippen molar-refractivity contribution in [1.82, 2.24) is 9.88 Å². The molecule has 0 spiro atoms. The maximum absolute atomic E-state index is 4.09. The number of hydrogen-bond acceptors (Lipinski definition) is 3. The van der Waals surface area contributed by atoms with Gasteiger partial charge in [-0.15, -0.1) is 0 Å². The van der Waals surface area contributed by atoms with Gasteiger partial charge in [-0.25, -0.2) is 0 Å². The van der Waals surface area contributed by atoms with Gasteiger partial charge in [0.2, 0.25) is 0 Å². The fourth-order valence-electron chi connectivity index (χ4n) is 2.90. The molecule has 1 aliphatic rings. The Bertz CT molecular complexity index is 345. The summed E-state index contributed by atoms with van der Waals surface area (Å²) in [6.07, 6.45) is 12.2. The summed E-state index contributed by atoms with van der Waals surface area (Å²) in [6.45, 7) is 8.28. The summed E-state index contributed by atoms with van der Waals surface area (Å²) < 4.78 is 0. The third-order valence-corrected chi connectivity index (χ3v) is 4.23. The molecule has 0 N–H and O–H groups in total. The van der Waals surface area contributed by atoms with E-state index in [2.05, 4.69) is 33.8 Å². The minimum Gasteiger partial charge on any atom is -0.369 e. The van der Waals surface area contributed by atoms with Crippen LogP contribution in [0.25, 0.3) is 0 Å². The van der Waals surface area contributed by atoms with Crippen LogP contribution in [0.3, 0.4) is 0 Å². The standard InChI is InChI=1S/C17H29N3/c1-2-3-4-5-6-7-12-19-13-15-20(16-14-19)17-8-10-18-11-9-17/h8-11H,2-7,12-16H2,1H3. The van der Waals surface area contributed by atoms with Gasteiger partial charge in [-0.1, -0.05) is 39.0 Å². The molecule has 20 heavy (non-hydrogen) atoms. The van der Waals surface area contributed by atoms with Crippen molar-refractivity contribution >= 4 is 5.69 Å². The molecule has 1 aliphatic heterocycles. The van der Waals surface area contributed by atoms with Crippen molar-refractivity contribution in [3.63, 3.8) is 0 Å². The topological polar surface area (TPSA) is 19.4 Å². The van der Waals surface area contributed by atoms with Crippen molar-refractivity contribution in [2.45, 2.75) is 45.4 Å². The summed E-state index contributed by atoms with van der Waals surface area (Å²) in [6, 6.07) is 4.23. The number of aromatic nitrogens is 1. The SMILES string of the molecule is CCCCCCCCN1CCN(c2ccncc2)CC1. The van der Waals surface area contributed by atoms with Gasteiger partial charge in [0, 0.05) is 44.3 Å². The second-order valence-electron chi connectivity index (χ2n) is 5.80. The lowest BCUT2D eigenvalue weighted by Gasteiger charge is -2.36. The van der Waals surface area contributed by atoms with Crippen LogP contribution in [0.1, 0.15) is 45.4 Å². The van der Waals surface area contributed by atoms with E-state index in [1.807, 2.05) is 12.4 Å². The second-order valence-corrected chi connectivity index (χ2v) is 5.80. The van der Waals surface area contributed by atoms with Gasteiger partial charge in [-0.05, 0) is 25.1 Å². The van der Waals surface area contributed by atoms with Gasteiger partial charge in [0.1, 0.15) is 0 Å². The van der Waals surface area contributed by atoms with Crippen LogP contribution in [-0.4, -0.2) is 42.6 Å². The average molecular weight is 275 g/mol. The number of anilines is 1. The Kier molecular flexibility index (Phi) is 6.85. The largest absolute Gasteiger partial charge is 0.369 e. The van der Waals surface area contributed by atoms with Crippen molar-refractivity contribution < 1.29 is 0 Å². The lowest BCUT2D eigenvalue weighted by atomic mass is 10.1. The first-order valence-electron chi connectivity index (χ1n) is 8.27. The average Bonchev–Trinajstić information content (AvgIpc) is 2.52. The molecule has 0 aromatic carbocycles. The summed E-state index contributed by atoms with van der Waals surface area (Å²) in [5.74, 6) is 0. The maximum atomic E-state index is 4.09. The Labute approximate surface area is 124 Å². The number of unbranched alkanes of at least 4 members (excludes halogenated alkanes) is 5. The molecular weight excluding hydrogens is 246 g/mol. The van der Waals surface area contributed by atoms with Crippen LogP contribution in [0, 0.1) is 0 Å². The van der Waals surface area contributed by atoms with E-state index < -0.39 is 0 Å². The van der Waals surface area contributed by atoms with Crippen molar-refractivity contribution in [2.75, 3.05) is 37.6 Å². The molecule has 2 rings (SSSR count).